The van der Waals surface area contributed by atoms with Crippen LogP contribution in [0.25, 0.3) is 0 Å². The van der Waals surface area contributed by atoms with Crippen LogP contribution in [0, 0.1) is 0 Å². The SMILES string of the molecule is CCCOc1ccc(C(=O)N/N=C/c2cc(Br)c(OCCC)c(Br)c2)cc1OCC. The highest BCUT2D eigenvalue weighted by molar-refractivity contribution is 9.11. The molecule has 0 aromatic heterocycles. The molecule has 0 saturated heterocycles. The van der Waals surface area contributed by atoms with E-state index in [2.05, 4.69) is 49.3 Å². The Morgan fingerprint density at radius 3 is 2.27 bits per heavy atom. The first-order valence-corrected chi connectivity index (χ1v) is 11.4. The lowest BCUT2D eigenvalue weighted by atomic mass is 10.2. The predicted octanol–water partition coefficient (Wildman–Crippen LogP) is 5.95. The Bertz CT molecular complexity index is 864. The monoisotopic (exact) mass is 540 g/mol. The van der Waals surface area contributed by atoms with Gasteiger partial charge in [0.25, 0.3) is 5.91 Å². The first kappa shape index (κ1) is 24.2. The lowest BCUT2D eigenvalue weighted by Crippen LogP contribution is -2.17. The van der Waals surface area contributed by atoms with Gasteiger partial charge in [0.15, 0.2) is 11.5 Å². The minimum atomic E-state index is -0.338. The van der Waals surface area contributed by atoms with Gasteiger partial charge >= 0.3 is 0 Å². The molecule has 1 amide bonds. The van der Waals surface area contributed by atoms with Crippen molar-refractivity contribution in [3.63, 3.8) is 0 Å². The lowest BCUT2D eigenvalue weighted by molar-refractivity contribution is 0.0954. The van der Waals surface area contributed by atoms with Gasteiger partial charge in [-0.05, 0) is 87.5 Å². The number of nitrogens with one attached hydrogen (secondary N) is 1. The van der Waals surface area contributed by atoms with Gasteiger partial charge in [-0.2, -0.15) is 5.10 Å². The Hall–Kier alpha value is -2.06. The molecule has 0 aliphatic carbocycles. The summed E-state index contributed by atoms with van der Waals surface area (Å²) in [5.41, 5.74) is 3.78. The van der Waals surface area contributed by atoms with Crippen molar-refractivity contribution in [1.82, 2.24) is 5.43 Å². The molecule has 0 unspecified atom stereocenters. The number of ether oxygens (including phenoxy) is 3. The summed E-state index contributed by atoms with van der Waals surface area (Å²) >= 11 is 7.01. The topological polar surface area (TPSA) is 69.2 Å². The average Bonchev–Trinajstić information content (AvgIpc) is 2.72. The molecule has 30 heavy (non-hydrogen) atoms. The summed E-state index contributed by atoms with van der Waals surface area (Å²) in [6, 6.07) is 8.83. The highest BCUT2D eigenvalue weighted by Gasteiger charge is 2.12. The van der Waals surface area contributed by atoms with Gasteiger partial charge in [0, 0.05) is 5.56 Å². The second-order valence-electron chi connectivity index (χ2n) is 6.30. The molecule has 0 radical (unpaired) electrons. The number of hydrogen-bond donors (Lipinski definition) is 1. The van der Waals surface area contributed by atoms with Gasteiger partial charge in [-0.15, -0.1) is 0 Å². The summed E-state index contributed by atoms with van der Waals surface area (Å²) in [4.78, 5) is 12.5. The van der Waals surface area contributed by atoms with Crippen LogP contribution in [0.5, 0.6) is 17.2 Å². The molecule has 1 N–H and O–H groups in total. The third-order valence-corrected chi connectivity index (χ3v) is 5.00. The summed E-state index contributed by atoms with van der Waals surface area (Å²) in [5.74, 6) is 1.57. The number of rotatable bonds is 11. The highest BCUT2D eigenvalue weighted by atomic mass is 79.9. The molecule has 0 bridgehead atoms. The molecule has 0 atom stereocenters. The van der Waals surface area contributed by atoms with Gasteiger partial charge in [-0.25, -0.2) is 5.43 Å². The highest BCUT2D eigenvalue weighted by Crippen LogP contribution is 2.34. The maximum absolute atomic E-state index is 12.5. The zero-order chi connectivity index (χ0) is 21.9. The number of hydrazone groups is 1. The number of carbonyl (C=O) groups excluding carboxylic acids is 1. The van der Waals surface area contributed by atoms with Crippen LogP contribution in [0.2, 0.25) is 0 Å². The fourth-order valence-electron chi connectivity index (χ4n) is 2.47. The Morgan fingerprint density at radius 1 is 0.967 bits per heavy atom. The first-order chi connectivity index (χ1) is 14.5. The number of nitrogens with zero attached hydrogens (tertiary/aromatic N) is 1. The second-order valence-corrected chi connectivity index (χ2v) is 8.01. The van der Waals surface area contributed by atoms with Crippen LogP contribution in [0.4, 0.5) is 0 Å². The number of hydrogen-bond acceptors (Lipinski definition) is 5. The van der Waals surface area contributed by atoms with Crippen LogP contribution in [0.3, 0.4) is 0 Å². The molecule has 0 aliphatic heterocycles. The van der Waals surface area contributed by atoms with E-state index < -0.39 is 0 Å². The van der Waals surface area contributed by atoms with E-state index in [0.29, 0.717) is 36.9 Å². The quantitative estimate of drug-likeness (QED) is 0.282. The fourth-order valence-corrected chi connectivity index (χ4v) is 3.93. The minimum Gasteiger partial charge on any atom is -0.491 e. The molecule has 0 aliphatic rings. The van der Waals surface area contributed by atoms with E-state index in [0.717, 1.165) is 33.1 Å². The number of benzene rings is 2. The summed E-state index contributed by atoms with van der Waals surface area (Å²) < 4.78 is 18.6. The van der Waals surface area contributed by atoms with E-state index in [9.17, 15) is 4.79 Å². The molecule has 0 fully saturated rings. The first-order valence-electron chi connectivity index (χ1n) is 9.85. The third kappa shape index (κ3) is 7.02. The van der Waals surface area contributed by atoms with E-state index in [1.54, 1.807) is 24.4 Å². The summed E-state index contributed by atoms with van der Waals surface area (Å²) in [6.07, 6.45) is 3.38. The standard InChI is InChI=1S/C22H26Br2N2O4/c1-4-9-29-19-8-7-16(13-20(19)28-6-3)22(27)26-25-14-15-11-17(23)21(18(24)12-15)30-10-5-2/h7-8,11-14H,4-6,9-10H2,1-3H3,(H,26,27)/b25-14+. The van der Waals surface area contributed by atoms with Gasteiger partial charge in [0.05, 0.1) is 35.0 Å². The smallest absolute Gasteiger partial charge is 0.271 e. The zero-order valence-electron chi connectivity index (χ0n) is 17.3. The molecule has 2 rings (SSSR count). The molecule has 162 valence electrons. The molecule has 8 heteroatoms. The molecule has 0 spiro atoms. The molecular weight excluding hydrogens is 516 g/mol. The van der Waals surface area contributed by atoms with Crippen molar-refractivity contribution in [2.75, 3.05) is 19.8 Å². The van der Waals surface area contributed by atoms with E-state index in [1.165, 1.54) is 0 Å². The largest absolute Gasteiger partial charge is 0.491 e. The van der Waals surface area contributed by atoms with Crippen LogP contribution in [-0.2, 0) is 0 Å². The maximum Gasteiger partial charge on any atom is 0.271 e. The number of amides is 1. The van der Waals surface area contributed by atoms with Gasteiger partial charge in [-0.3, -0.25) is 4.79 Å². The Labute approximate surface area is 194 Å². The van der Waals surface area contributed by atoms with Crippen LogP contribution in [0.1, 0.15) is 49.5 Å². The Kier molecular flexibility index (Phi) is 10.2. The van der Waals surface area contributed by atoms with Gasteiger partial charge in [0.2, 0.25) is 0 Å². The van der Waals surface area contributed by atoms with E-state index in [1.807, 2.05) is 26.0 Å². The van der Waals surface area contributed by atoms with Crippen LogP contribution < -0.4 is 19.6 Å². The fraction of sp³-hybridized carbons (Fsp3) is 0.364. The average molecular weight is 542 g/mol. The Balaban J connectivity index is 2.07. The van der Waals surface area contributed by atoms with Crippen molar-refractivity contribution in [3.8, 4) is 17.2 Å². The normalized spacial score (nSPS) is 10.8. The zero-order valence-corrected chi connectivity index (χ0v) is 20.5. The third-order valence-electron chi connectivity index (χ3n) is 3.82. The van der Waals surface area contributed by atoms with Crippen LogP contribution in [-0.4, -0.2) is 31.9 Å². The Morgan fingerprint density at radius 2 is 1.63 bits per heavy atom. The summed E-state index contributed by atoms with van der Waals surface area (Å²) in [6.45, 7) is 7.66. The van der Waals surface area contributed by atoms with Gasteiger partial charge in [0.1, 0.15) is 5.75 Å². The number of halogens is 2. The molecule has 0 heterocycles. The molecule has 2 aromatic carbocycles. The number of carbonyl (C=O) groups is 1. The van der Waals surface area contributed by atoms with Crippen molar-refractivity contribution in [1.29, 1.82) is 0 Å². The van der Waals surface area contributed by atoms with Crippen molar-refractivity contribution < 1.29 is 19.0 Å². The van der Waals surface area contributed by atoms with Crippen molar-refractivity contribution in [2.24, 2.45) is 5.10 Å². The minimum absolute atomic E-state index is 0.338. The van der Waals surface area contributed by atoms with Crippen molar-refractivity contribution in [3.05, 3.63) is 50.4 Å². The predicted molar refractivity (Wildman–Crippen MR) is 126 cm³/mol. The second kappa shape index (κ2) is 12.6. The van der Waals surface area contributed by atoms with Gasteiger partial charge < -0.3 is 14.2 Å². The molecule has 2 aromatic rings. The maximum atomic E-state index is 12.5. The van der Waals surface area contributed by atoms with Crippen molar-refractivity contribution >= 4 is 44.0 Å². The molecule has 0 saturated carbocycles. The summed E-state index contributed by atoms with van der Waals surface area (Å²) in [5, 5.41) is 4.06. The van der Waals surface area contributed by atoms with Crippen LogP contribution >= 0.6 is 31.9 Å². The molecule has 6 nitrogen and oxygen atoms in total. The van der Waals surface area contributed by atoms with E-state index >= 15 is 0 Å². The summed E-state index contributed by atoms with van der Waals surface area (Å²) in [7, 11) is 0. The van der Waals surface area contributed by atoms with Crippen LogP contribution in [0.15, 0.2) is 44.4 Å². The van der Waals surface area contributed by atoms with E-state index in [-0.39, 0.29) is 5.91 Å². The van der Waals surface area contributed by atoms with Crippen molar-refractivity contribution in [2.45, 2.75) is 33.6 Å². The van der Waals surface area contributed by atoms with E-state index in [4.69, 9.17) is 14.2 Å². The molecular formula is C22H26Br2N2O4. The van der Waals surface area contributed by atoms with Gasteiger partial charge in [-0.1, -0.05) is 13.8 Å². The lowest BCUT2D eigenvalue weighted by Gasteiger charge is -2.12.